The van der Waals surface area contributed by atoms with Crippen molar-refractivity contribution in [2.24, 2.45) is 13.0 Å². The van der Waals surface area contributed by atoms with Crippen LogP contribution < -0.4 is 0 Å². The fourth-order valence-corrected chi connectivity index (χ4v) is 2.97. The van der Waals surface area contributed by atoms with E-state index >= 15 is 0 Å². The first kappa shape index (κ1) is 13.8. The monoisotopic (exact) mass is 263 g/mol. The molecule has 4 heteroatoms. The van der Waals surface area contributed by atoms with Crippen LogP contribution in [0.4, 0.5) is 0 Å². The van der Waals surface area contributed by atoms with Gasteiger partial charge in [-0.05, 0) is 38.8 Å². The summed E-state index contributed by atoms with van der Waals surface area (Å²) in [7, 11) is 2.00. The molecule has 1 heterocycles. The third-order valence-electron chi connectivity index (χ3n) is 4.21. The predicted octanol–water partition coefficient (Wildman–Crippen LogP) is 2.27. The number of hydrogen-bond donors (Lipinski definition) is 0. The van der Waals surface area contributed by atoms with Crippen LogP contribution in [-0.4, -0.2) is 22.9 Å². The van der Waals surface area contributed by atoms with Crippen molar-refractivity contribution in [3.8, 4) is 0 Å². The molecular formula is C15H21NO3. The van der Waals surface area contributed by atoms with Crippen molar-refractivity contribution in [3.05, 3.63) is 23.0 Å². The van der Waals surface area contributed by atoms with Gasteiger partial charge in [0.15, 0.2) is 0 Å². The Labute approximate surface area is 113 Å². The summed E-state index contributed by atoms with van der Waals surface area (Å²) in [4.78, 5) is 24.0. The first-order valence-electron chi connectivity index (χ1n) is 6.79. The van der Waals surface area contributed by atoms with E-state index in [1.165, 1.54) is 0 Å². The number of ether oxygens (including phenoxy) is 1. The van der Waals surface area contributed by atoms with Gasteiger partial charge in [-0.15, -0.1) is 0 Å². The first-order valence-corrected chi connectivity index (χ1v) is 6.79. The van der Waals surface area contributed by atoms with E-state index in [9.17, 15) is 9.59 Å². The lowest BCUT2D eigenvalue weighted by atomic mass is 9.88. The molecular weight excluding hydrogens is 242 g/mol. The molecule has 0 aromatic carbocycles. The molecule has 19 heavy (non-hydrogen) atoms. The maximum absolute atomic E-state index is 12.0. The second kappa shape index (κ2) is 5.19. The summed E-state index contributed by atoms with van der Waals surface area (Å²) >= 11 is 0. The van der Waals surface area contributed by atoms with Gasteiger partial charge in [0.2, 0.25) is 0 Å². The zero-order valence-corrected chi connectivity index (χ0v) is 12.0. The zero-order valence-electron chi connectivity index (χ0n) is 12.0. The number of hydrogen-bond acceptors (Lipinski definition) is 3. The molecule has 0 amide bonds. The topological polar surface area (TPSA) is 48.3 Å². The molecule has 0 saturated heterocycles. The molecule has 4 nitrogen and oxygen atoms in total. The van der Waals surface area contributed by atoms with E-state index in [0.717, 1.165) is 23.4 Å². The van der Waals surface area contributed by atoms with Gasteiger partial charge in [0.05, 0.1) is 6.61 Å². The van der Waals surface area contributed by atoms with Crippen molar-refractivity contribution in [2.45, 2.75) is 39.5 Å². The Bertz CT molecular complexity index is 516. The van der Waals surface area contributed by atoms with Gasteiger partial charge in [0.1, 0.15) is 11.7 Å². The summed E-state index contributed by atoms with van der Waals surface area (Å²) in [5.41, 5.74) is 3.39. The van der Waals surface area contributed by atoms with Crippen LogP contribution in [-0.2, 0) is 21.4 Å². The molecule has 1 aliphatic rings. The second-order valence-corrected chi connectivity index (χ2v) is 5.23. The van der Waals surface area contributed by atoms with E-state index in [0.29, 0.717) is 13.0 Å². The highest BCUT2D eigenvalue weighted by molar-refractivity contribution is 6.01. The number of Topliss-reactive ketones (excluding diaryl/α,β-unsaturated/α-hetero) is 1. The summed E-state index contributed by atoms with van der Waals surface area (Å²) < 4.78 is 7.16. The number of ketones is 1. The van der Waals surface area contributed by atoms with Crippen LogP contribution >= 0.6 is 0 Å². The van der Waals surface area contributed by atoms with Crippen molar-refractivity contribution in [1.29, 1.82) is 0 Å². The predicted molar refractivity (Wildman–Crippen MR) is 72.0 cm³/mol. The molecule has 104 valence electrons. The lowest BCUT2D eigenvalue weighted by molar-refractivity contribution is -0.151. The molecule has 1 saturated carbocycles. The Kier molecular flexibility index (Phi) is 3.78. The van der Waals surface area contributed by atoms with Gasteiger partial charge in [-0.1, -0.05) is 0 Å². The molecule has 0 radical (unpaired) electrons. The van der Waals surface area contributed by atoms with Crippen LogP contribution in [0, 0.1) is 19.8 Å². The molecule has 1 aliphatic carbocycles. The normalized spacial score (nSPS) is 22.8. The molecule has 2 unspecified atom stereocenters. The van der Waals surface area contributed by atoms with Crippen molar-refractivity contribution in [1.82, 2.24) is 4.57 Å². The summed E-state index contributed by atoms with van der Waals surface area (Å²) in [5.74, 6) is -0.979. The molecule has 0 N–H and O–H groups in total. The van der Waals surface area contributed by atoms with Crippen LogP contribution in [0.5, 0.6) is 0 Å². The summed E-state index contributed by atoms with van der Waals surface area (Å²) in [6, 6.07) is 2.09. The Balaban J connectivity index is 2.35. The van der Waals surface area contributed by atoms with E-state index in [-0.39, 0.29) is 17.7 Å². The van der Waals surface area contributed by atoms with Crippen LogP contribution in [0.1, 0.15) is 42.6 Å². The first-order chi connectivity index (χ1) is 8.97. The largest absolute Gasteiger partial charge is 0.465 e. The third-order valence-corrected chi connectivity index (χ3v) is 4.21. The van der Waals surface area contributed by atoms with Gasteiger partial charge in [0, 0.05) is 30.8 Å². The lowest BCUT2D eigenvalue weighted by Gasteiger charge is -2.17. The van der Waals surface area contributed by atoms with Crippen molar-refractivity contribution in [2.75, 3.05) is 6.61 Å². The number of esters is 1. The lowest BCUT2D eigenvalue weighted by Crippen LogP contribution is -2.26. The Morgan fingerprint density at radius 2 is 2.16 bits per heavy atom. The van der Waals surface area contributed by atoms with Crippen LogP contribution in [0.2, 0.25) is 0 Å². The molecule has 1 fully saturated rings. The van der Waals surface area contributed by atoms with Gasteiger partial charge in [-0.25, -0.2) is 0 Å². The van der Waals surface area contributed by atoms with Crippen molar-refractivity contribution < 1.29 is 14.3 Å². The molecule has 1 aromatic heterocycles. The van der Waals surface area contributed by atoms with E-state index in [1.807, 2.05) is 20.9 Å². The Hall–Kier alpha value is -1.58. The molecule has 2 rings (SSSR count). The minimum absolute atomic E-state index is 0.0179. The van der Waals surface area contributed by atoms with E-state index in [4.69, 9.17) is 4.74 Å². The maximum atomic E-state index is 12.0. The summed E-state index contributed by atoms with van der Waals surface area (Å²) in [6.07, 6.45) is 1.22. The van der Waals surface area contributed by atoms with Crippen LogP contribution in [0.15, 0.2) is 6.07 Å². The number of aryl methyl sites for hydroxylation is 1. The molecule has 0 bridgehead atoms. The molecule has 2 atom stereocenters. The van der Waals surface area contributed by atoms with Crippen molar-refractivity contribution >= 4 is 11.8 Å². The summed E-state index contributed by atoms with van der Waals surface area (Å²) in [6.45, 7) is 6.16. The number of rotatable bonds is 3. The minimum atomic E-state index is -0.611. The minimum Gasteiger partial charge on any atom is -0.465 e. The highest BCUT2D eigenvalue weighted by Crippen LogP contribution is 2.40. The number of carbonyl (C=O) groups excluding carboxylic acids is 2. The fraction of sp³-hybridized carbons (Fsp3) is 0.600. The van der Waals surface area contributed by atoms with Crippen molar-refractivity contribution in [3.63, 3.8) is 0 Å². The van der Waals surface area contributed by atoms with Gasteiger partial charge >= 0.3 is 5.97 Å². The second-order valence-electron chi connectivity index (χ2n) is 5.23. The fourth-order valence-electron chi connectivity index (χ4n) is 2.97. The van der Waals surface area contributed by atoms with Gasteiger partial charge in [-0.3, -0.25) is 9.59 Å². The van der Waals surface area contributed by atoms with E-state index < -0.39 is 5.92 Å². The van der Waals surface area contributed by atoms with Gasteiger partial charge < -0.3 is 9.30 Å². The Morgan fingerprint density at radius 3 is 2.68 bits per heavy atom. The smallest absolute Gasteiger partial charge is 0.317 e. The maximum Gasteiger partial charge on any atom is 0.317 e. The molecule has 1 aromatic rings. The number of nitrogens with zero attached hydrogens (tertiary/aromatic N) is 1. The quantitative estimate of drug-likeness (QED) is 0.621. The third kappa shape index (κ3) is 2.31. The summed E-state index contributed by atoms with van der Waals surface area (Å²) in [5, 5.41) is 0. The molecule has 0 spiro atoms. The van der Waals surface area contributed by atoms with Crippen LogP contribution in [0.25, 0.3) is 0 Å². The molecule has 0 aliphatic heterocycles. The number of carbonyl (C=O) groups is 2. The van der Waals surface area contributed by atoms with E-state index in [2.05, 4.69) is 10.6 Å². The SMILES string of the molecule is CCOC(=O)C1C(=O)CCC1c1cc(C)n(C)c1C. The average molecular weight is 263 g/mol. The van der Waals surface area contributed by atoms with Crippen LogP contribution in [0.3, 0.4) is 0 Å². The highest BCUT2D eigenvalue weighted by atomic mass is 16.5. The Morgan fingerprint density at radius 1 is 1.47 bits per heavy atom. The number of aromatic nitrogens is 1. The average Bonchev–Trinajstić information content (AvgIpc) is 2.85. The van der Waals surface area contributed by atoms with E-state index in [1.54, 1.807) is 6.92 Å². The zero-order chi connectivity index (χ0) is 14.2. The van der Waals surface area contributed by atoms with Gasteiger partial charge in [-0.2, -0.15) is 0 Å². The van der Waals surface area contributed by atoms with Gasteiger partial charge in [0.25, 0.3) is 0 Å². The highest BCUT2D eigenvalue weighted by Gasteiger charge is 2.42. The standard InChI is InChI=1S/C15H21NO3/c1-5-19-15(18)14-11(6-7-13(14)17)12-8-9(2)16(4)10(12)3/h8,11,14H,5-7H2,1-4H3.